The van der Waals surface area contributed by atoms with Gasteiger partial charge >= 0.3 is 6.36 Å². The predicted octanol–water partition coefficient (Wildman–Crippen LogP) is 2.95. The summed E-state index contributed by atoms with van der Waals surface area (Å²) in [5.41, 5.74) is 0.358. The SMILES string of the molecule is O=Cc1cnc2c(OC(F)(F)F)cccc2c1. The van der Waals surface area contributed by atoms with E-state index in [-0.39, 0.29) is 11.3 Å². The molecule has 1 aromatic carbocycles. The number of rotatable bonds is 2. The lowest BCUT2D eigenvalue weighted by molar-refractivity contribution is -0.274. The molecule has 0 saturated carbocycles. The number of aldehydes is 1. The fourth-order valence-electron chi connectivity index (χ4n) is 1.42. The molecule has 2 aromatic rings. The minimum Gasteiger partial charge on any atom is -0.403 e. The molecule has 0 aliphatic carbocycles. The molecule has 17 heavy (non-hydrogen) atoms. The van der Waals surface area contributed by atoms with Crippen molar-refractivity contribution in [3.05, 3.63) is 36.0 Å². The Balaban J connectivity index is 2.54. The molecule has 0 fully saturated rings. The second kappa shape index (κ2) is 4.04. The number of hydrogen-bond acceptors (Lipinski definition) is 3. The third kappa shape index (κ3) is 2.52. The maximum absolute atomic E-state index is 12.1. The van der Waals surface area contributed by atoms with Gasteiger partial charge in [0.2, 0.25) is 0 Å². The number of pyridine rings is 1. The number of carbonyl (C=O) groups excluding carboxylic acids is 1. The van der Waals surface area contributed by atoms with Crippen molar-refractivity contribution >= 4 is 17.2 Å². The van der Waals surface area contributed by atoms with Crippen molar-refractivity contribution in [1.82, 2.24) is 4.98 Å². The second-order valence-corrected chi connectivity index (χ2v) is 3.26. The van der Waals surface area contributed by atoms with Crippen LogP contribution >= 0.6 is 0 Å². The molecule has 0 saturated heterocycles. The Labute approximate surface area is 93.8 Å². The molecule has 0 aliphatic heterocycles. The number of benzene rings is 1. The molecule has 0 amide bonds. The summed E-state index contributed by atoms with van der Waals surface area (Å²) < 4.78 is 40.2. The Bertz CT molecular complexity index is 566. The molecule has 0 spiro atoms. The number of hydrogen-bond donors (Lipinski definition) is 0. The molecule has 0 aliphatic rings. The Kier molecular flexibility index (Phi) is 2.71. The number of fused-ring (bicyclic) bond motifs is 1. The monoisotopic (exact) mass is 241 g/mol. The summed E-state index contributed by atoms with van der Waals surface area (Å²) in [5.74, 6) is -0.382. The van der Waals surface area contributed by atoms with E-state index in [1.165, 1.54) is 24.4 Å². The van der Waals surface area contributed by atoms with E-state index in [2.05, 4.69) is 9.72 Å². The van der Waals surface area contributed by atoms with Crippen molar-refractivity contribution in [1.29, 1.82) is 0 Å². The summed E-state index contributed by atoms with van der Waals surface area (Å²) in [4.78, 5) is 14.3. The van der Waals surface area contributed by atoms with E-state index in [4.69, 9.17) is 0 Å². The maximum atomic E-state index is 12.1. The highest BCUT2D eigenvalue weighted by Gasteiger charge is 2.31. The smallest absolute Gasteiger partial charge is 0.403 e. The molecule has 88 valence electrons. The second-order valence-electron chi connectivity index (χ2n) is 3.26. The molecule has 0 atom stereocenters. The van der Waals surface area contributed by atoms with Crippen LogP contribution in [0.2, 0.25) is 0 Å². The highest BCUT2D eigenvalue weighted by Crippen LogP contribution is 2.29. The summed E-state index contributed by atoms with van der Waals surface area (Å²) in [6.07, 6.45) is -3.00. The van der Waals surface area contributed by atoms with E-state index >= 15 is 0 Å². The van der Waals surface area contributed by atoms with Crippen molar-refractivity contribution in [2.75, 3.05) is 0 Å². The van der Waals surface area contributed by atoms with E-state index in [0.717, 1.165) is 0 Å². The van der Waals surface area contributed by atoms with E-state index in [1.54, 1.807) is 6.07 Å². The fraction of sp³-hybridized carbons (Fsp3) is 0.0909. The molecule has 3 nitrogen and oxygen atoms in total. The van der Waals surface area contributed by atoms with Crippen LogP contribution in [-0.4, -0.2) is 17.6 Å². The van der Waals surface area contributed by atoms with Crippen LogP contribution in [-0.2, 0) is 0 Å². The van der Waals surface area contributed by atoms with Gasteiger partial charge in [-0.05, 0) is 12.1 Å². The van der Waals surface area contributed by atoms with Gasteiger partial charge in [0.25, 0.3) is 0 Å². The third-order valence-corrected chi connectivity index (χ3v) is 2.06. The number of aromatic nitrogens is 1. The van der Waals surface area contributed by atoms with Crippen LogP contribution in [0.5, 0.6) is 5.75 Å². The van der Waals surface area contributed by atoms with Gasteiger partial charge in [0, 0.05) is 17.1 Å². The van der Waals surface area contributed by atoms with Gasteiger partial charge in [-0.3, -0.25) is 9.78 Å². The zero-order valence-electron chi connectivity index (χ0n) is 8.36. The van der Waals surface area contributed by atoms with Gasteiger partial charge in [0.05, 0.1) is 0 Å². The fourth-order valence-corrected chi connectivity index (χ4v) is 1.42. The van der Waals surface area contributed by atoms with E-state index in [1.807, 2.05) is 0 Å². The first-order valence-electron chi connectivity index (χ1n) is 4.59. The summed E-state index contributed by atoms with van der Waals surface area (Å²) in [5, 5.41) is 0.413. The van der Waals surface area contributed by atoms with Gasteiger partial charge in [0.1, 0.15) is 5.52 Å². The van der Waals surface area contributed by atoms with E-state index < -0.39 is 6.36 Å². The first kappa shape index (κ1) is 11.4. The molecule has 2 rings (SSSR count). The Morgan fingerprint density at radius 2 is 2.06 bits per heavy atom. The summed E-state index contributed by atoms with van der Waals surface area (Å²) in [7, 11) is 0. The Morgan fingerprint density at radius 1 is 1.29 bits per heavy atom. The van der Waals surface area contributed by atoms with Gasteiger partial charge in [-0.15, -0.1) is 13.2 Å². The van der Waals surface area contributed by atoms with E-state index in [0.29, 0.717) is 17.2 Å². The lowest BCUT2D eigenvalue weighted by Crippen LogP contribution is -2.17. The lowest BCUT2D eigenvalue weighted by atomic mass is 10.1. The zero-order valence-corrected chi connectivity index (χ0v) is 8.36. The van der Waals surface area contributed by atoms with Crippen molar-refractivity contribution in [3.63, 3.8) is 0 Å². The van der Waals surface area contributed by atoms with Gasteiger partial charge in [-0.2, -0.15) is 0 Å². The first-order valence-corrected chi connectivity index (χ1v) is 4.59. The highest BCUT2D eigenvalue weighted by atomic mass is 19.4. The molecule has 0 N–H and O–H groups in total. The minimum atomic E-state index is -4.76. The summed E-state index contributed by atoms with van der Waals surface area (Å²) in [6, 6.07) is 5.57. The molecular weight excluding hydrogens is 235 g/mol. The normalized spacial score (nSPS) is 11.5. The van der Waals surface area contributed by atoms with Crippen LogP contribution in [0.3, 0.4) is 0 Å². The van der Waals surface area contributed by atoms with Crippen LogP contribution < -0.4 is 4.74 Å². The molecule has 6 heteroatoms. The number of ether oxygens (including phenoxy) is 1. The molecule has 1 heterocycles. The van der Waals surface area contributed by atoms with Gasteiger partial charge in [-0.1, -0.05) is 12.1 Å². The Hall–Kier alpha value is -2.11. The number of alkyl halides is 3. The highest BCUT2D eigenvalue weighted by molar-refractivity contribution is 5.89. The van der Waals surface area contributed by atoms with Crippen molar-refractivity contribution in [2.24, 2.45) is 0 Å². The number of halogens is 3. The minimum absolute atomic E-state index is 0.0652. The van der Waals surface area contributed by atoms with Crippen molar-refractivity contribution in [3.8, 4) is 5.75 Å². The number of nitrogens with zero attached hydrogens (tertiary/aromatic N) is 1. The maximum Gasteiger partial charge on any atom is 0.573 e. The van der Waals surface area contributed by atoms with Gasteiger partial charge in [0.15, 0.2) is 12.0 Å². The average Bonchev–Trinajstić information content (AvgIpc) is 2.26. The van der Waals surface area contributed by atoms with Crippen molar-refractivity contribution < 1.29 is 22.7 Å². The van der Waals surface area contributed by atoms with Crippen molar-refractivity contribution in [2.45, 2.75) is 6.36 Å². The molecule has 0 unspecified atom stereocenters. The number of para-hydroxylation sites is 1. The van der Waals surface area contributed by atoms with Gasteiger partial charge < -0.3 is 4.74 Å². The quantitative estimate of drug-likeness (QED) is 0.759. The lowest BCUT2D eigenvalue weighted by Gasteiger charge is -2.10. The Morgan fingerprint density at radius 3 is 2.71 bits per heavy atom. The molecule has 1 aromatic heterocycles. The van der Waals surface area contributed by atoms with Crippen LogP contribution in [0.1, 0.15) is 10.4 Å². The molecule has 0 radical (unpaired) electrons. The standard InChI is InChI=1S/C11H6F3NO2/c12-11(13,14)17-9-3-1-2-8-4-7(6-16)5-15-10(8)9/h1-6H. The van der Waals surface area contributed by atoms with E-state index in [9.17, 15) is 18.0 Å². The van der Waals surface area contributed by atoms with Crippen LogP contribution in [0, 0.1) is 0 Å². The van der Waals surface area contributed by atoms with Crippen LogP contribution in [0.25, 0.3) is 10.9 Å². The number of carbonyl (C=O) groups is 1. The summed E-state index contributed by atoms with van der Waals surface area (Å²) in [6.45, 7) is 0. The van der Waals surface area contributed by atoms with Crippen LogP contribution in [0.15, 0.2) is 30.5 Å². The first-order chi connectivity index (χ1) is 7.99. The largest absolute Gasteiger partial charge is 0.573 e. The molecule has 0 bridgehead atoms. The average molecular weight is 241 g/mol. The predicted molar refractivity (Wildman–Crippen MR) is 53.8 cm³/mol. The van der Waals surface area contributed by atoms with Crippen LogP contribution in [0.4, 0.5) is 13.2 Å². The van der Waals surface area contributed by atoms with Gasteiger partial charge in [-0.25, -0.2) is 0 Å². The summed E-state index contributed by atoms with van der Waals surface area (Å²) >= 11 is 0. The topological polar surface area (TPSA) is 39.2 Å². The third-order valence-electron chi connectivity index (χ3n) is 2.06. The zero-order chi connectivity index (χ0) is 12.5. The molecular formula is C11H6F3NO2.